The molecule has 20 heavy (non-hydrogen) atoms. The van der Waals surface area contributed by atoms with Crippen LogP contribution in [0.5, 0.6) is 0 Å². The summed E-state index contributed by atoms with van der Waals surface area (Å²) in [5.74, 6) is 0. The molecule has 6 nitrogen and oxygen atoms in total. The minimum atomic E-state index is -3.09. The molecule has 1 aliphatic rings. The zero-order chi connectivity index (χ0) is 14.3. The molecule has 3 rings (SSSR count). The molecule has 0 unspecified atom stereocenters. The molecule has 0 spiro atoms. The molecular formula is C12H15ClN4O2S. The number of piperidine rings is 1. The minimum absolute atomic E-state index is 0.209. The van der Waals surface area contributed by atoms with Crippen LogP contribution in [-0.2, 0) is 10.0 Å². The van der Waals surface area contributed by atoms with Crippen molar-refractivity contribution in [2.45, 2.75) is 18.9 Å². The lowest BCUT2D eigenvalue weighted by Gasteiger charge is -2.30. The summed E-state index contributed by atoms with van der Waals surface area (Å²) >= 11 is 5.85. The Morgan fingerprint density at radius 2 is 2.00 bits per heavy atom. The van der Waals surface area contributed by atoms with E-state index in [4.69, 9.17) is 11.6 Å². The fourth-order valence-corrected chi connectivity index (χ4v) is 3.54. The van der Waals surface area contributed by atoms with E-state index in [1.807, 2.05) is 16.9 Å². The number of aromatic nitrogens is 3. The number of fused-ring (bicyclic) bond motifs is 1. The zero-order valence-corrected chi connectivity index (χ0v) is 12.6. The Balaban J connectivity index is 1.80. The van der Waals surface area contributed by atoms with Gasteiger partial charge < -0.3 is 0 Å². The maximum Gasteiger partial charge on any atom is 0.211 e. The second kappa shape index (κ2) is 4.98. The first-order chi connectivity index (χ1) is 9.43. The van der Waals surface area contributed by atoms with Crippen molar-refractivity contribution in [3.63, 3.8) is 0 Å². The van der Waals surface area contributed by atoms with Crippen LogP contribution >= 0.6 is 11.6 Å². The predicted octanol–water partition coefficient (Wildman–Crippen LogP) is 1.68. The van der Waals surface area contributed by atoms with Crippen LogP contribution in [0.2, 0.25) is 5.15 Å². The Bertz CT molecular complexity index is 735. The van der Waals surface area contributed by atoms with Gasteiger partial charge in [-0.25, -0.2) is 17.7 Å². The van der Waals surface area contributed by atoms with Crippen LogP contribution in [0.1, 0.15) is 18.9 Å². The standard InChI is InChI=1S/C12H15ClN4O2S/c1-20(18,19)16-6-4-10(5-7-16)17-8-9-2-3-11(13)14-12(9)15-17/h2-3,8,10H,4-7H2,1H3. The summed E-state index contributed by atoms with van der Waals surface area (Å²) in [5, 5.41) is 5.81. The number of sulfonamides is 1. The van der Waals surface area contributed by atoms with Gasteiger partial charge in [0.1, 0.15) is 5.15 Å². The second-order valence-corrected chi connectivity index (χ2v) is 7.42. The van der Waals surface area contributed by atoms with E-state index in [1.54, 1.807) is 6.07 Å². The van der Waals surface area contributed by atoms with Crippen molar-refractivity contribution in [1.82, 2.24) is 19.1 Å². The molecule has 2 aromatic rings. The highest BCUT2D eigenvalue weighted by Crippen LogP contribution is 2.25. The molecule has 1 saturated heterocycles. The molecule has 1 fully saturated rings. The SMILES string of the molecule is CS(=O)(=O)N1CCC(n2cc3ccc(Cl)nc3n2)CC1. The lowest BCUT2D eigenvalue weighted by molar-refractivity contribution is 0.263. The summed E-state index contributed by atoms with van der Waals surface area (Å²) in [6.07, 6.45) is 4.71. The summed E-state index contributed by atoms with van der Waals surface area (Å²) in [4.78, 5) is 4.17. The molecule has 0 saturated carbocycles. The van der Waals surface area contributed by atoms with E-state index in [2.05, 4.69) is 10.1 Å². The number of halogens is 1. The Morgan fingerprint density at radius 1 is 1.30 bits per heavy atom. The molecule has 0 atom stereocenters. The minimum Gasteiger partial charge on any atom is -0.267 e. The average molecular weight is 315 g/mol. The first kappa shape index (κ1) is 13.8. The summed E-state index contributed by atoms with van der Waals surface area (Å²) in [6.45, 7) is 1.07. The molecule has 0 amide bonds. The summed E-state index contributed by atoms with van der Waals surface area (Å²) in [5.41, 5.74) is 0.628. The third-order valence-corrected chi connectivity index (χ3v) is 5.13. The van der Waals surface area contributed by atoms with Gasteiger partial charge in [-0.1, -0.05) is 11.6 Å². The predicted molar refractivity (Wildman–Crippen MR) is 77.2 cm³/mol. The maximum absolute atomic E-state index is 11.5. The largest absolute Gasteiger partial charge is 0.267 e. The van der Waals surface area contributed by atoms with Crippen molar-refractivity contribution in [3.05, 3.63) is 23.5 Å². The lowest BCUT2D eigenvalue weighted by atomic mass is 10.1. The van der Waals surface area contributed by atoms with Gasteiger partial charge in [-0.3, -0.25) is 4.68 Å². The van der Waals surface area contributed by atoms with Crippen LogP contribution in [-0.4, -0.2) is 46.8 Å². The Hall–Kier alpha value is -1.18. The van der Waals surface area contributed by atoms with E-state index < -0.39 is 10.0 Å². The van der Waals surface area contributed by atoms with Crippen molar-refractivity contribution in [2.24, 2.45) is 0 Å². The van der Waals surface area contributed by atoms with E-state index in [9.17, 15) is 8.42 Å². The van der Waals surface area contributed by atoms with Gasteiger partial charge >= 0.3 is 0 Å². The van der Waals surface area contributed by atoms with E-state index in [0.717, 1.165) is 18.2 Å². The van der Waals surface area contributed by atoms with E-state index >= 15 is 0 Å². The van der Waals surface area contributed by atoms with Gasteiger partial charge in [-0.2, -0.15) is 5.10 Å². The Morgan fingerprint density at radius 3 is 2.65 bits per heavy atom. The number of hydrogen-bond acceptors (Lipinski definition) is 4. The zero-order valence-electron chi connectivity index (χ0n) is 11.0. The second-order valence-electron chi connectivity index (χ2n) is 5.05. The Labute approximate surface area is 122 Å². The van der Waals surface area contributed by atoms with Crippen LogP contribution < -0.4 is 0 Å². The van der Waals surface area contributed by atoms with Crippen molar-refractivity contribution in [2.75, 3.05) is 19.3 Å². The van der Waals surface area contributed by atoms with Crippen molar-refractivity contribution < 1.29 is 8.42 Å². The molecule has 0 radical (unpaired) electrons. The highest BCUT2D eigenvalue weighted by Gasteiger charge is 2.26. The molecule has 108 valence electrons. The van der Waals surface area contributed by atoms with Crippen molar-refractivity contribution >= 4 is 32.7 Å². The monoisotopic (exact) mass is 314 g/mol. The topological polar surface area (TPSA) is 68.1 Å². The first-order valence-corrected chi connectivity index (χ1v) is 8.62. The molecule has 0 aliphatic carbocycles. The number of rotatable bonds is 2. The highest BCUT2D eigenvalue weighted by atomic mass is 35.5. The number of hydrogen-bond donors (Lipinski definition) is 0. The van der Waals surface area contributed by atoms with E-state index in [0.29, 0.717) is 23.9 Å². The highest BCUT2D eigenvalue weighted by molar-refractivity contribution is 7.88. The molecule has 0 aromatic carbocycles. The van der Waals surface area contributed by atoms with Crippen LogP contribution in [0.4, 0.5) is 0 Å². The van der Waals surface area contributed by atoms with Crippen molar-refractivity contribution in [3.8, 4) is 0 Å². The fourth-order valence-electron chi connectivity index (χ4n) is 2.52. The smallest absolute Gasteiger partial charge is 0.211 e. The lowest BCUT2D eigenvalue weighted by Crippen LogP contribution is -2.38. The number of pyridine rings is 1. The van der Waals surface area contributed by atoms with Crippen LogP contribution in [0.15, 0.2) is 18.3 Å². The van der Waals surface area contributed by atoms with Gasteiger partial charge in [0, 0.05) is 24.7 Å². The molecular weight excluding hydrogens is 300 g/mol. The number of nitrogens with zero attached hydrogens (tertiary/aromatic N) is 4. The summed E-state index contributed by atoms with van der Waals surface area (Å²) in [7, 11) is -3.09. The quantitative estimate of drug-likeness (QED) is 0.791. The first-order valence-electron chi connectivity index (χ1n) is 6.40. The van der Waals surface area contributed by atoms with E-state index in [1.165, 1.54) is 10.6 Å². The third kappa shape index (κ3) is 2.65. The fraction of sp³-hybridized carbons (Fsp3) is 0.500. The Kier molecular flexibility index (Phi) is 3.43. The van der Waals surface area contributed by atoms with Gasteiger partial charge in [0.05, 0.1) is 12.3 Å². The molecule has 0 N–H and O–H groups in total. The molecule has 1 aliphatic heterocycles. The van der Waals surface area contributed by atoms with Gasteiger partial charge in [0.2, 0.25) is 10.0 Å². The molecule has 0 bridgehead atoms. The van der Waals surface area contributed by atoms with Crippen LogP contribution in [0.25, 0.3) is 11.0 Å². The summed E-state index contributed by atoms with van der Waals surface area (Å²) < 4.78 is 26.4. The van der Waals surface area contributed by atoms with E-state index in [-0.39, 0.29) is 6.04 Å². The maximum atomic E-state index is 11.5. The van der Waals surface area contributed by atoms with Crippen molar-refractivity contribution in [1.29, 1.82) is 0 Å². The van der Waals surface area contributed by atoms with Crippen LogP contribution in [0, 0.1) is 0 Å². The molecule has 3 heterocycles. The average Bonchev–Trinajstić information content (AvgIpc) is 2.80. The normalized spacial score (nSPS) is 18.7. The summed E-state index contributed by atoms with van der Waals surface area (Å²) in [6, 6.07) is 3.84. The van der Waals surface area contributed by atoms with Gasteiger partial charge in [0.15, 0.2) is 5.65 Å². The van der Waals surface area contributed by atoms with Gasteiger partial charge in [-0.15, -0.1) is 0 Å². The third-order valence-electron chi connectivity index (χ3n) is 3.62. The van der Waals surface area contributed by atoms with Gasteiger partial charge in [0.25, 0.3) is 0 Å². The molecule has 8 heteroatoms. The molecule has 2 aromatic heterocycles. The van der Waals surface area contributed by atoms with Gasteiger partial charge in [-0.05, 0) is 25.0 Å². The van der Waals surface area contributed by atoms with Crippen LogP contribution in [0.3, 0.4) is 0 Å².